The highest BCUT2D eigenvalue weighted by molar-refractivity contribution is 5.69. The van der Waals surface area contributed by atoms with Crippen LogP contribution in [0.15, 0.2) is 42.5 Å². The van der Waals surface area contributed by atoms with Gasteiger partial charge in [-0.05, 0) is 30.2 Å². The second kappa shape index (κ2) is 5.09. The molecule has 112 valence electrons. The first-order chi connectivity index (χ1) is 9.59. The van der Waals surface area contributed by atoms with Crippen LogP contribution in [-0.2, 0) is 12.4 Å². The van der Waals surface area contributed by atoms with Crippen LogP contribution in [0.1, 0.15) is 16.7 Å². The van der Waals surface area contributed by atoms with Gasteiger partial charge in [0.1, 0.15) is 0 Å². The van der Waals surface area contributed by atoms with Crippen molar-refractivity contribution >= 4 is 0 Å². The molecule has 0 heterocycles. The lowest BCUT2D eigenvalue weighted by Gasteiger charge is -2.16. The van der Waals surface area contributed by atoms with E-state index in [0.717, 1.165) is 11.6 Å². The van der Waals surface area contributed by atoms with Crippen LogP contribution < -0.4 is 0 Å². The summed E-state index contributed by atoms with van der Waals surface area (Å²) in [6.45, 7) is 1.70. The first-order valence-corrected chi connectivity index (χ1v) is 5.94. The number of alkyl halides is 6. The summed E-state index contributed by atoms with van der Waals surface area (Å²) in [6.07, 6.45) is -9.68. The normalized spacial score (nSPS) is 12.5. The predicted molar refractivity (Wildman–Crippen MR) is 66.6 cm³/mol. The average Bonchev–Trinajstić information content (AvgIpc) is 2.36. The quantitative estimate of drug-likeness (QED) is 0.593. The van der Waals surface area contributed by atoms with Gasteiger partial charge in [0.25, 0.3) is 0 Å². The summed E-state index contributed by atoms with van der Waals surface area (Å²) in [5.41, 5.74) is -1.91. The Labute approximate surface area is 117 Å². The summed E-state index contributed by atoms with van der Waals surface area (Å²) in [5.74, 6) is 0. The summed E-state index contributed by atoms with van der Waals surface area (Å²) in [5, 5.41) is 0. The lowest BCUT2D eigenvalue weighted by Crippen LogP contribution is -2.12. The molecule has 0 saturated heterocycles. The van der Waals surface area contributed by atoms with Crippen LogP contribution >= 0.6 is 0 Å². The maximum atomic E-state index is 13.0. The molecule has 0 aliphatic carbocycles. The Bertz CT molecular complexity index is 652. The molecule has 2 aromatic rings. The van der Waals surface area contributed by atoms with E-state index in [9.17, 15) is 26.3 Å². The molecule has 0 aromatic heterocycles. The molecule has 0 fully saturated rings. The minimum Gasteiger partial charge on any atom is -0.166 e. The number of hydrogen-bond acceptors (Lipinski definition) is 0. The lowest BCUT2D eigenvalue weighted by atomic mass is 9.96. The van der Waals surface area contributed by atoms with Crippen LogP contribution in [0.5, 0.6) is 0 Å². The van der Waals surface area contributed by atoms with E-state index >= 15 is 0 Å². The van der Waals surface area contributed by atoms with Gasteiger partial charge in [-0.3, -0.25) is 0 Å². The fourth-order valence-electron chi connectivity index (χ4n) is 2.02. The zero-order valence-corrected chi connectivity index (χ0v) is 10.8. The maximum absolute atomic E-state index is 13.0. The van der Waals surface area contributed by atoms with Gasteiger partial charge in [0, 0.05) is 0 Å². The van der Waals surface area contributed by atoms with E-state index in [0.29, 0.717) is 6.07 Å². The summed E-state index contributed by atoms with van der Waals surface area (Å²) < 4.78 is 76.9. The predicted octanol–water partition coefficient (Wildman–Crippen LogP) is 5.70. The Morgan fingerprint density at radius 2 is 1.43 bits per heavy atom. The Kier molecular flexibility index (Phi) is 3.74. The molecule has 21 heavy (non-hydrogen) atoms. The molecule has 0 nitrogen and oxygen atoms in total. The van der Waals surface area contributed by atoms with Gasteiger partial charge in [0.15, 0.2) is 0 Å². The van der Waals surface area contributed by atoms with Crippen molar-refractivity contribution in [1.82, 2.24) is 0 Å². The van der Waals surface area contributed by atoms with Crippen molar-refractivity contribution in [3.05, 3.63) is 59.2 Å². The minimum atomic E-state index is -4.86. The molecular formula is C15H10F6. The molecule has 0 N–H and O–H groups in total. The zero-order chi connectivity index (χ0) is 15.8. The zero-order valence-electron chi connectivity index (χ0n) is 10.8. The van der Waals surface area contributed by atoms with Gasteiger partial charge in [0.05, 0.1) is 11.1 Å². The third-order valence-corrected chi connectivity index (χ3v) is 2.98. The maximum Gasteiger partial charge on any atom is 0.417 e. The number of hydrogen-bond donors (Lipinski definition) is 0. The number of benzene rings is 2. The van der Waals surface area contributed by atoms with E-state index in [1.807, 2.05) is 0 Å². The van der Waals surface area contributed by atoms with Gasteiger partial charge < -0.3 is 0 Å². The first-order valence-electron chi connectivity index (χ1n) is 5.94. The molecule has 0 aliphatic rings. The van der Waals surface area contributed by atoms with Gasteiger partial charge in [-0.25, -0.2) is 0 Å². The summed E-state index contributed by atoms with van der Waals surface area (Å²) in [4.78, 5) is 0. The Hall–Kier alpha value is -1.98. The van der Waals surface area contributed by atoms with Crippen molar-refractivity contribution in [2.24, 2.45) is 0 Å². The largest absolute Gasteiger partial charge is 0.417 e. The van der Waals surface area contributed by atoms with E-state index in [-0.39, 0.29) is 17.2 Å². The van der Waals surface area contributed by atoms with E-state index < -0.39 is 23.5 Å². The highest BCUT2D eigenvalue weighted by atomic mass is 19.4. The topological polar surface area (TPSA) is 0 Å². The van der Waals surface area contributed by atoms with E-state index in [4.69, 9.17) is 0 Å². The second-order valence-corrected chi connectivity index (χ2v) is 4.63. The average molecular weight is 304 g/mol. The van der Waals surface area contributed by atoms with Gasteiger partial charge in [-0.15, -0.1) is 0 Å². The van der Waals surface area contributed by atoms with E-state index in [2.05, 4.69) is 0 Å². The SMILES string of the molecule is Cc1cccc(-c2ccc(C(F)(F)F)cc2C(F)(F)F)c1. The molecule has 0 saturated carbocycles. The Morgan fingerprint density at radius 1 is 0.762 bits per heavy atom. The van der Waals surface area contributed by atoms with E-state index in [1.165, 1.54) is 12.1 Å². The molecule has 6 heteroatoms. The van der Waals surface area contributed by atoms with Crippen LogP contribution in [-0.4, -0.2) is 0 Å². The molecule has 0 bridgehead atoms. The highest BCUT2D eigenvalue weighted by Crippen LogP contribution is 2.40. The van der Waals surface area contributed by atoms with Crippen molar-refractivity contribution in [1.29, 1.82) is 0 Å². The molecule has 0 radical (unpaired) electrons. The highest BCUT2D eigenvalue weighted by Gasteiger charge is 2.38. The van der Waals surface area contributed by atoms with Crippen molar-refractivity contribution in [2.75, 3.05) is 0 Å². The van der Waals surface area contributed by atoms with Crippen LogP contribution in [0.4, 0.5) is 26.3 Å². The van der Waals surface area contributed by atoms with Gasteiger partial charge in [-0.2, -0.15) is 26.3 Å². The van der Waals surface area contributed by atoms with Crippen LogP contribution in [0, 0.1) is 6.92 Å². The van der Waals surface area contributed by atoms with Gasteiger partial charge >= 0.3 is 12.4 Å². The number of aryl methyl sites for hydroxylation is 1. The Balaban J connectivity index is 2.67. The summed E-state index contributed by atoms with van der Waals surface area (Å²) in [7, 11) is 0. The first kappa shape index (κ1) is 15.4. The fraction of sp³-hybridized carbons (Fsp3) is 0.200. The van der Waals surface area contributed by atoms with Crippen LogP contribution in [0.25, 0.3) is 11.1 Å². The standard InChI is InChI=1S/C15H10F6/c1-9-3-2-4-10(7-9)12-6-5-11(14(16,17)18)8-13(12)15(19,20)21/h2-8H,1H3. The van der Waals surface area contributed by atoms with Crippen molar-refractivity contribution in [3.8, 4) is 11.1 Å². The minimum absolute atomic E-state index is 0.150. The third-order valence-electron chi connectivity index (χ3n) is 2.98. The Morgan fingerprint density at radius 3 is 1.95 bits per heavy atom. The third kappa shape index (κ3) is 3.37. The van der Waals surface area contributed by atoms with Crippen LogP contribution in [0.3, 0.4) is 0 Å². The van der Waals surface area contributed by atoms with Gasteiger partial charge in [-0.1, -0.05) is 35.9 Å². The van der Waals surface area contributed by atoms with E-state index in [1.54, 1.807) is 19.1 Å². The number of halogens is 6. The smallest absolute Gasteiger partial charge is 0.166 e. The second-order valence-electron chi connectivity index (χ2n) is 4.63. The van der Waals surface area contributed by atoms with Gasteiger partial charge in [0.2, 0.25) is 0 Å². The lowest BCUT2D eigenvalue weighted by molar-refractivity contribution is -0.142. The molecule has 0 atom stereocenters. The monoisotopic (exact) mass is 304 g/mol. The van der Waals surface area contributed by atoms with Crippen molar-refractivity contribution < 1.29 is 26.3 Å². The summed E-state index contributed by atoms with van der Waals surface area (Å²) >= 11 is 0. The molecule has 0 spiro atoms. The molecule has 2 rings (SSSR count). The van der Waals surface area contributed by atoms with Crippen LogP contribution in [0.2, 0.25) is 0 Å². The summed E-state index contributed by atoms with van der Waals surface area (Å²) in [6, 6.07) is 7.86. The van der Waals surface area contributed by atoms with Crippen molar-refractivity contribution in [2.45, 2.75) is 19.3 Å². The molecule has 2 aromatic carbocycles. The number of rotatable bonds is 1. The molecule has 0 amide bonds. The van der Waals surface area contributed by atoms with Crippen molar-refractivity contribution in [3.63, 3.8) is 0 Å². The molecule has 0 aliphatic heterocycles. The molecule has 0 unspecified atom stereocenters. The molecular weight excluding hydrogens is 294 g/mol. The fourth-order valence-corrected chi connectivity index (χ4v) is 2.02.